The van der Waals surface area contributed by atoms with E-state index >= 15 is 0 Å². The van der Waals surface area contributed by atoms with Crippen molar-refractivity contribution in [2.24, 2.45) is 16.0 Å². The van der Waals surface area contributed by atoms with E-state index in [1.165, 1.54) is 0 Å². The number of carbonyl (C=O) groups is 1. The second kappa shape index (κ2) is 3.69. The van der Waals surface area contributed by atoms with Crippen LogP contribution in [0.1, 0.15) is 23.7 Å². The first-order chi connectivity index (χ1) is 8.25. The second-order valence-electron chi connectivity index (χ2n) is 4.16. The summed E-state index contributed by atoms with van der Waals surface area (Å²) in [5, 5.41) is 9.28. The minimum absolute atomic E-state index is 0.207. The van der Waals surface area contributed by atoms with Crippen LogP contribution in [0.3, 0.4) is 0 Å². The van der Waals surface area contributed by atoms with Gasteiger partial charge in [-0.25, -0.2) is 0 Å². The van der Waals surface area contributed by atoms with E-state index < -0.39 is 0 Å². The molecule has 3 rings (SSSR count). The van der Waals surface area contributed by atoms with Gasteiger partial charge in [0.25, 0.3) is 0 Å². The van der Waals surface area contributed by atoms with Gasteiger partial charge in [0, 0.05) is 22.2 Å². The Hall–Kier alpha value is -2.17. The smallest absolute Gasteiger partial charge is 0.219 e. The van der Waals surface area contributed by atoms with Crippen LogP contribution in [0.15, 0.2) is 34.5 Å². The van der Waals surface area contributed by atoms with Crippen LogP contribution in [-0.2, 0) is 11.3 Å². The number of nitrogens with two attached hydrogens (primary N) is 1. The molecule has 86 valence electrons. The van der Waals surface area contributed by atoms with Crippen LogP contribution in [0.5, 0.6) is 0 Å². The predicted molar refractivity (Wildman–Crippen MR) is 63.4 cm³/mol. The van der Waals surface area contributed by atoms with Gasteiger partial charge in [-0.15, -0.1) is 0 Å². The zero-order valence-electron chi connectivity index (χ0n) is 9.18. The van der Waals surface area contributed by atoms with Gasteiger partial charge in [0.05, 0.1) is 6.42 Å². The summed E-state index contributed by atoms with van der Waals surface area (Å²) in [6.07, 6.45) is 0.207. The van der Waals surface area contributed by atoms with Gasteiger partial charge in [-0.05, 0) is 6.07 Å². The van der Waals surface area contributed by atoms with E-state index in [0.717, 1.165) is 22.2 Å². The van der Waals surface area contributed by atoms with Gasteiger partial charge in [0.1, 0.15) is 12.6 Å². The number of primary amides is 1. The maximum atomic E-state index is 11.0. The lowest BCUT2D eigenvalue weighted by Crippen LogP contribution is -2.16. The zero-order chi connectivity index (χ0) is 11.8. The SMILES string of the molecule is NC(=O)CC1N=NCc2[nH]c3ccccc3c21. The number of aromatic nitrogens is 1. The summed E-state index contributed by atoms with van der Waals surface area (Å²) >= 11 is 0. The van der Waals surface area contributed by atoms with E-state index in [1.54, 1.807) is 0 Å². The van der Waals surface area contributed by atoms with Crippen molar-refractivity contribution in [1.82, 2.24) is 4.98 Å². The highest BCUT2D eigenvalue weighted by Crippen LogP contribution is 2.35. The molecule has 1 aliphatic rings. The highest BCUT2D eigenvalue weighted by molar-refractivity contribution is 5.86. The van der Waals surface area contributed by atoms with Crippen molar-refractivity contribution < 1.29 is 4.79 Å². The summed E-state index contributed by atoms with van der Waals surface area (Å²) in [6, 6.07) is 7.74. The third-order valence-electron chi connectivity index (χ3n) is 3.01. The van der Waals surface area contributed by atoms with Gasteiger partial charge < -0.3 is 10.7 Å². The number of benzene rings is 1. The predicted octanol–water partition coefficient (Wildman–Crippen LogP) is 2.05. The molecule has 0 radical (unpaired) electrons. The van der Waals surface area contributed by atoms with Crippen molar-refractivity contribution in [2.75, 3.05) is 0 Å². The van der Waals surface area contributed by atoms with E-state index in [0.29, 0.717) is 6.54 Å². The van der Waals surface area contributed by atoms with Crippen molar-refractivity contribution in [3.8, 4) is 0 Å². The van der Waals surface area contributed by atoms with Crippen LogP contribution in [-0.4, -0.2) is 10.9 Å². The van der Waals surface area contributed by atoms with Gasteiger partial charge in [-0.3, -0.25) is 4.79 Å². The molecule has 1 aromatic carbocycles. The lowest BCUT2D eigenvalue weighted by molar-refractivity contribution is -0.118. The first-order valence-corrected chi connectivity index (χ1v) is 5.50. The molecular formula is C12H12N4O. The zero-order valence-corrected chi connectivity index (χ0v) is 9.18. The molecule has 0 aliphatic carbocycles. The third-order valence-corrected chi connectivity index (χ3v) is 3.01. The quantitative estimate of drug-likeness (QED) is 0.810. The summed E-state index contributed by atoms with van der Waals surface area (Å²) in [6.45, 7) is 0.541. The Bertz CT molecular complexity index is 614. The van der Waals surface area contributed by atoms with Gasteiger partial charge >= 0.3 is 0 Å². The number of para-hydroxylation sites is 1. The van der Waals surface area contributed by atoms with E-state index in [2.05, 4.69) is 15.2 Å². The molecule has 1 atom stereocenters. The number of azo groups is 1. The molecule has 1 aromatic heterocycles. The van der Waals surface area contributed by atoms with E-state index in [9.17, 15) is 4.79 Å². The normalized spacial score (nSPS) is 18.2. The number of amides is 1. The minimum atomic E-state index is -0.355. The maximum Gasteiger partial charge on any atom is 0.219 e. The fraction of sp³-hybridized carbons (Fsp3) is 0.250. The molecule has 1 aliphatic heterocycles. The van der Waals surface area contributed by atoms with Gasteiger partial charge in [-0.1, -0.05) is 18.2 Å². The molecule has 5 heteroatoms. The molecule has 1 unspecified atom stereocenters. The van der Waals surface area contributed by atoms with Crippen molar-refractivity contribution in [3.05, 3.63) is 35.5 Å². The standard InChI is InChI=1S/C12H12N4O/c13-11(17)5-9-12-7-3-1-2-4-8(7)15-10(12)6-14-16-9/h1-4,9,15H,5-6H2,(H2,13,17). The molecule has 5 nitrogen and oxygen atoms in total. The first-order valence-electron chi connectivity index (χ1n) is 5.50. The fourth-order valence-electron chi connectivity index (χ4n) is 2.33. The Kier molecular flexibility index (Phi) is 2.18. The van der Waals surface area contributed by atoms with Crippen molar-refractivity contribution in [2.45, 2.75) is 19.0 Å². The van der Waals surface area contributed by atoms with Crippen LogP contribution < -0.4 is 5.73 Å². The monoisotopic (exact) mass is 228 g/mol. The molecule has 0 fully saturated rings. The number of nitrogens with zero attached hydrogens (tertiary/aromatic N) is 2. The number of H-pyrrole nitrogens is 1. The number of hydrogen-bond acceptors (Lipinski definition) is 3. The molecule has 3 N–H and O–H groups in total. The number of hydrogen-bond donors (Lipinski definition) is 2. The van der Waals surface area contributed by atoms with E-state index in [1.807, 2.05) is 24.3 Å². The van der Waals surface area contributed by atoms with Crippen LogP contribution >= 0.6 is 0 Å². The molecule has 0 bridgehead atoms. The Morgan fingerprint density at radius 2 is 2.29 bits per heavy atom. The van der Waals surface area contributed by atoms with Gasteiger partial charge in [0.15, 0.2) is 0 Å². The summed E-state index contributed by atoms with van der Waals surface area (Å²) < 4.78 is 0. The minimum Gasteiger partial charge on any atom is -0.370 e. The Balaban J connectivity index is 2.16. The molecule has 0 saturated carbocycles. The molecule has 0 saturated heterocycles. The molecule has 2 heterocycles. The Morgan fingerprint density at radius 1 is 1.47 bits per heavy atom. The topological polar surface area (TPSA) is 83.6 Å². The average molecular weight is 228 g/mol. The Labute approximate surface area is 97.7 Å². The first kappa shape index (κ1) is 10.0. The molecule has 0 spiro atoms. The van der Waals surface area contributed by atoms with E-state index in [4.69, 9.17) is 5.73 Å². The van der Waals surface area contributed by atoms with Crippen LogP contribution in [0, 0.1) is 0 Å². The lowest BCUT2D eigenvalue weighted by atomic mass is 9.99. The highest BCUT2D eigenvalue weighted by Gasteiger charge is 2.24. The lowest BCUT2D eigenvalue weighted by Gasteiger charge is -2.14. The van der Waals surface area contributed by atoms with Crippen LogP contribution in [0.25, 0.3) is 10.9 Å². The van der Waals surface area contributed by atoms with Crippen molar-refractivity contribution in [3.63, 3.8) is 0 Å². The number of aromatic amines is 1. The molecule has 2 aromatic rings. The van der Waals surface area contributed by atoms with E-state index in [-0.39, 0.29) is 18.4 Å². The largest absolute Gasteiger partial charge is 0.370 e. The van der Waals surface area contributed by atoms with Crippen LogP contribution in [0.4, 0.5) is 0 Å². The summed E-state index contributed by atoms with van der Waals surface area (Å²) in [4.78, 5) is 14.4. The van der Waals surface area contributed by atoms with Gasteiger partial charge in [-0.2, -0.15) is 10.2 Å². The molecule has 17 heavy (non-hydrogen) atoms. The number of fused-ring (bicyclic) bond motifs is 3. The Morgan fingerprint density at radius 3 is 3.12 bits per heavy atom. The second-order valence-corrected chi connectivity index (χ2v) is 4.16. The number of carbonyl (C=O) groups excluding carboxylic acids is 1. The molecule has 1 amide bonds. The third kappa shape index (κ3) is 1.60. The summed E-state index contributed by atoms with van der Waals surface area (Å²) in [5.41, 5.74) is 8.40. The molecular weight excluding hydrogens is 216 g/mol. The number of rotatable bonds is 2. The highest BCUT2D eigenvalue weighted by atomic mass is 16.1. The summed E-state index contributed by atoms with van der Waals surface area (Å²) in [7, 11) is 0. The summed E-state index contributed by atoms with van der Waals surface area (Å²) in [5.74, 6) is -0.355. The fourth-order valence-corrected chi connectivity index (χ4v) is 2.33. The van der Waals surface area contributed by atoms with Crippen molar-refractivity contribution in [1.29, 1.82) is 0 Å². The number of nitrogens with one attached hydrogen (secondary N) is 1. The maximum absolute atomic E-state index is 11.0. The van der Waals surface area contributed by atoms with Crippen LogP contribution in [0.2, 0.25) is 0 Å². The van der Waals surface area contributed by atoms with Crippen molar-refractivity contribution >= 4 is 16.8 Å². The average Bonchev–Trinajstić information content (AvgIpc) is 2.67. The van der Waals surface area contributed by atoms with Gasteiger partial charge in [0.2, 0.25) is 5.91 Å².